The van der Waals surface area contributed by atoms with Gasteiger partial charge >= 0.3 is 0 Å². The lowest BCUT2D eigenvalue weighted by Crippen LogP contribution is -2.67. The topological polar surface area (TPSA) is 65.5 Å². The van der Waals surface area contributed by atoms with Crippen LogP contribution in [0.1, 0.15) is 77.1 Å². The van der Waals surface area contributed by atoms with Crippen LogP contribution in [0.15, 0.2) is 54.7 Å². The maximum Gasteiger partial charge on any atom is 0.108 e. The molecule has 3 aliphatic carbocycles. The average molecular weight is 488 g/mol. The zero-order valence-electron chi connectivity index (χ0n) is 22.4. The minimum Gasteiger partial charge on any atom is -0.386 e. The Labute approximate surface area is 215 Å². The van der Waals surface area contributed by atoms with Crippen molar-refractivity contribution in [1.29, 1.82) is 0 Å². The van der Waals surface area contributed by atoms with Gasteiger partial charge in [-0.15, -0.1) is 6.58 Å². The van der Waals surface area contributed by atoms with Crippen molar-refractivity contribution in [2.24, 2.45) is 11.3 Å². The minimum atomic E-state index is -1.02. The first-order valence-corrected chi connectivity index (χ1v) is 13.6. The maximum absolute atomic E-state index is 12.6. The molecule has 36 heavy (non-hydrogen) atoms. The molecule has 4 heteroatoms. The molecule has 2 fully saturated rings. The molecule has 2 saturated carbocycles. The summed E-state index contributed by atoms with van der Waals surface area (Å²) in [4.78, 5) is 3.87. The molecular weight excluding hydrogens is 446 g/mol. The second-order valence-electron chi connectivity index (χ2n) is 13.0. The SMILES string of the molecule is C=CC(C)(C)c1ccc2c3c([nH]c2c1)C1(C)C(CCC2(O)C4=CC(O)C(C(=C)C)OC4CCC21C)C3. The fraction of sp³-hybridized carbons (Fsp3) is 0.562. The van der Waals surface area contributed by atoms with Crippen molar-refractivity contribution in [1.82, 2.24) is 4.98 Å². The van der Waals surface area contributed by atoms with Gasteiger partial charge in [0.1, 0.15) is 12.2 Å². The molecule has 3 N–H and O–H groups in total. The van der Waals surface area contributed by atoms with E-state index in [-0.39, 0.29) is 22.3 Å². The predicted molar refractivity (Wildman–Crippen MR) is 145 cm³/mol. The van der Waals surface area contributed by atoms with Crippen LogP contribution in [0.4, 0.5) is 0 Å². The van der Waals surface area contributed by atoms with Crippen molar-refractivity contribution in [3.8, 4) is 0 Å². The third-order valence-corrected chi connectivity index (χ3v) is 11.0. The smallest absolute Gasteiger partial charge is 0.108 e. The van der Waals surface area contributed by atoms with E-state index < -0.39 is 17.8 Å². The van der Waals surface area contributed by atoms with E-state index in [1.54, 1.807) is 0 Å². The van der Waals surface area contributed by atoms with Gasteiger partial charge in [-0.05, 0) is 79.4 Å². The number of benzene rings is 1. The second-order valence-corrected chi connectivity index (χ2v) is 13.0. The Morgan fingerprint density at radius 2 is 1.97 bits per heavy atom. The van der Waals surface area contributed by atoms with Gasteiger partial charge in [-0.25, -0.2) is 0 Å². The average Bonchev–Trinajstić information content (AvgIpc) is 3.34. The van der Waals surface area contributed by atoms with Gasteiger partial charge in [0, 0.05) is 32.8 Å². The molecule has 0 amide bonds. The number of aliphatic hydroxyl groups is 2. The number of hydrogen-bond donors (Lipinski definition) is 3. The van der Waals surface area contributed by atoms with Crippen LogP contribution in [0.25, 0.3) is 10.9 Å². The summed E-state index contributed by atoms with van der Waals surface area (Å²) in [7, 11) is 0. The second kappa shape index (κ2) is 7.46. The van der Waals surface area contributed by atoms with Gasteiger partial charge in [0.05, 0.1) is 11.7 Å². The van der Waals surface area contributed by atoms with Crippen LogP contribution in [0.3, 0.4) is 0 Å². The number of allylic oxidation sites excluding steroid dienone is 1. The van der Waals surface area contributed by atoms with Crippen molar-refractivity contribution < 1.29 is 14.9 Å². The fourth-order valence-corrected chi connectivity index (χ4v) is 8.38. The number of ether oxygens (including phenoxy) is 1. The number of nitrogens with one attached hydrogen (secondary N) is 1. The Balaban J connectivity index is 1.48. The Kier molecular flexibility index (Phi) is 5.02. The number of H-pyrrole nitrogens is 1. The van der Waals surface area contributed by atoms with Crippen LogP contribution < -0.4 is 0 Å². The summed E-state index contributed by atoms with van der Waals surface area (Å²) in [5.41, 5.74) is 5.18. The number of hydrogen-bond acceptors (Lipinski definition) is 3. The van der Waals surface area contributed by atoms with Crippen LogP contribution in [-0.2, 0) is 22.0 Å². The third-order valence-electron chi connectivity index (χ3n) is 11.0. The lowest BCUT2D eigenvalue weighted by molar-refractivity contribution is -0.185. The summed E-state index contributed by atoms with van der Waals surface area (Å²) in [6.45, 7) is 19.0. The van der Waals surface area contributed by atoms with E-state index >= 15 is 0 Å². The van der Waals surface area contributed by atoms with E-state index in [4.69, 9.17) is 4.74 Å². The lowest BCUT2D eigenvalue weighted by Gasteiger charge is -2.65. The van der Waals surface area contributed by atoms with Crippen LogP contribution >= 0.6 is 0 Å². The van der Waals surface area contributed by atoms with Gasteiger partial charge in [-0.2, -0.15) is 0 Å². The predicted octanol–water partition coefficient (Wildman–Crippen LogP) is 6.02. The Hall–Kier alpha value is -2.14. The van der Waals surface area contributed by atoms with E-state index in [1.165, 1.54) is 27.7 Å². The van der Waals surface area contributed by atoms with Crippen LogP contribution in [0.5, 0.6) is 0 Å². The van der Waals surface area contributed by atoms with Gasteiger partial charge in [0.15, 0.2) is 0 Å². The van der Waals surface area contributed by atoms with Crippen LogP contribution in [0.2, 0.25) is 0 Å². The summed E-state index contributed by atoms with van der Waals surface area (Å²) in [5.74, 6) is 0.479. The largest absolute Gasteiger partial charge is 0.386 e. The van der Waals surface area contributed by atoms with E-state index in [1.807, 2.05) is 19.1 Å². The molecule has 1 aliphatic heterocycles. The number of aromatic nitrogens is 1. The molecule has 0 saturated heterocycles. The molecule has 192 valence electrons. The highest BCUT2D eigenvalue weighted by molar-refractivity contribution is 5.87. The normalized spacial score (nSPS) is 39.6. The highest BCUT2D eigenvalue weighted by Gasteiger charge is 2.69. The van der Waals surface area contributed by atoms with Gasteiger partial charge in [0.2, 0.25) is 0 Å². The Morgan fingerprint density at radius 1 is 1.22 bits per heavy atom. The van der Waals surface area contributed by atoms with Crippen molar-refractivity contribution in [3.05, 3.63) is 71.5 Å². The summed E-state index contributed by atoms with van der Waals surface area (Å²) >= 11 is 0. The number of fused-ring (bicyclic) bond motifs is 9. The molecule has 6 rings (SSSR count). The zero-order valence-corrected chi connectivity index (χ0v) is 22.4. The quantitative estimate of drug-likeness (QED) is 0.464. The van der Waals surface area contributed by atoms with Crippen molar-refractivity contribution in [2.45, 2.75) is 101 Å². The van der Waals surface area contributed by atoms with Gasteiger partial charge in [-0.3, -0.25) is 0 Å². The van der Waals surface area contributed by atoms with E-state index in [9.17, 15) is 10.2 Å². The zero-order chi connectivity index (χ0) is 25.8. The molecule has 2 aromatic rings. The summed E-state index contributed by atoms with van der Waals surface area (Å²) < 4.78 is 6.35. The number of rotatable bonds is 3. The van der Waals surface area contributed by atoms with Crippen LogP contribution in [0, 0.1) is 11.3 Å². The summed E-state index contributed by atoms with van der Waals surface area (Å²) in [6, 6.07) is 6.81. The lowest BCUT2D eigenvalue weighted by atomic mass is 9.42. The molecule has 2 heterocycles. The van der Waals surface area contributed by atoms with E-state index in [0.29, 0.717) is 12.3 Å². The first-order chi connectivity index (χ1) is 16.9. The van der Waals surface area contributed by atoms with Crippen molar-refractivity contribution >= 4 is 10.9 Å². The molecule has 0 bridgehead atoms. The Bertz CT molecular complexity index is 1320. The Morgan fingerprint density at radius 3 is 2.67 bits per heavy atom. The highest BCUT2D eigenvalue weighted by atomic mass is 16.5. The fourth-order valence-electron chi connectivity index (χ4n) is 8.38. The van der Waals surface area contributed by atoms with Gasteiger partial charge in [0.25, 0.3) is 0 Å². The van der Waals surface area contributed by atoms with E-state index in [0.717, 1.165) is 36.8 Å². The molecule has 7 atom stereocenters. The molecule has 0 spiro atoms. The number of aromatic amines is 1. The van der Waals surface area contributed by atoms with Gasteiger partial charge < -0.3 is 19.9 Å². The minimum absolute atomic E-state index is 0.0957. The van der Waals surface area contributed by atoms with Gasteiger partial charge in [-0.1, -0.05) is 52.5 Å². The summed E-state index contributed by atoms with van der Waals surface area (Å²) in [6.07, 6.45) is 7.00. The number of aliphatic hydroxyl groups excluding tert-OH is 1. The first-order valence-electron chi connectivity index (χ1n) is 13.6. The monoisotopic (exact) mass is 487 g/mol. The molecule has 4 nitrogen and oxygen atoms in total. The van der Waals surface area contributed by atoms with Crippen LogP contribution in [-0.4, -0.2) is 39.1 Å². The third kappa shape index (κ3) is 2.81. The molecule has 7 unspecified atom stereocenters. The first kappa shape index (κ1) is 24.2. The molecule has 0 radical (unpaired) electrons. The molecule has 1 aromatic heterocycles. The molecular formula is C32H41NO3. The summed E-state index contributed by atoms with van der Waals surface area (Å²) in [5, 5.41) is 24.8. The maximum atomic E-state index is 12.6. The molecule has 4 aliphatic rings. The van der Waals surface area contributed by atoms with Crippen molar-refractivity contribution in [3.63, 3.8) is 0 Å². The van der Waals surface area contributed by atoms with E-state index in [2.05, 4.69) is 64.0 Å². The standard InChI is InChI=1S/C32H41NO3/c1-8-29(4,5)19-9-10-21-22-15-20-11-14-32(35)23-17-25(34)27(18(2)3)36-26(23)12-13-30(32,6)31(20,7)28(22)33-24(21)16-19/h8-10,16-17,20,25-27,33-35H,1-2,11-15H2,3-7H3. The van der Waals surface area contributed by atoms with Crippen molar-refractivity contribution in [2.75, 3.05) is 0 Å². The highest BCUT2D eigenvalue weighted by Crippen LogP contribution is 2.69. The molecule has 1 aromatic carbocycles.